The highest BCUT2D eigenvalue weighted by Crippen LogP contribution is 2.35. The molecule has 2 aromatic rings. The third-order valence-electron chi connectivity index (χ3n) is 4.42. The van der Waals surface area contributed by atoms with Crippen LogP contribution in [-0.2, 0) is 21.8 Å². The van der Waals surface area contributed by atoms with E-state index in [9.17, 15) is 8.42 Å². The number of morpholine rings is 1. The smallest absolute Gasteiger partial charge is 0.243 e. The molecule has 1 aromatic heterocycles. The molecule has 0 amide bonds. The number of ether oxygens (including phenoxy) is 3. The van der Waals surface area contributed by atoms with Crippen molar-refractivity contribution in [3.05, 3.63) is 35.7 Å². The van der Waals surface area contributed by atoms with Gasteiger partial charge in [-0.1, -0.05) is 0 Å². The highest BCUT2D eigenvalue weighted by Gasteiger charge is 2.33. The zero-order chi connectivity index (χ0) is 18.9. The van der Waals surface area contributed by atoms with Gasteiger partial charge >= 0.3 is 0 Å². The first kappa shape index (κ1) is 18.7. The predicted octanol–water partition coefficient (Wildman–Crippen LogP) is 1.51. The second-order valence-electron chi connectivity index (χ2n) is 6.14. The Morgan fingerprint density at radius 2 is 1.92 bits per heavy atom. The van der Waals surface area contributed by atoms with Gasteiger partial charge in [-0.25, -0.2) is 8.42 Å². The van der Waals surface area contributed by atoms with Crippen LogP contribution in [0.1, 0.15) is 17.2 Å². The van der Waals surface area contributed by atoms with Gasteiger partial charge in [0.15, 0.2) is 11.5 Å². The Hall–Kier alpha value is -2.10. The van der Waals surface area contributed by atoms with Crippen LogP contribution < -0.4 is 9.47 Å². The van der Waals surface area contributed by atoms with E-state index < -0.39 is 10.0 Å². The Morgan fingerprint density at radius 3 is 2.54 bits per heavy atom. The monoisotopic (exact) mass is 381 g/mol. The molecule has 0 N–H and O–H groups in total. The van der Waals surface area contributed by atoms with E-state index >= 15 is 0 Å². The molecule has 1 atom stereocenters. The van der Waals surface area contributed by atoms with Crippen molar-refractivity contribution in [3.8, 4) is 11.5 Å². The van der Waals surface area contributed by atoms with Crippen molar-refractivity contribution < 1.29 is 22.6 Å². The van der Waals surface area contributed by atoms with Gasteiger partial charge < -0.3 is 14.2 Å². The zero-order valence-corrected chi connectivity index (χ0v) is 16.1. The Labute approximate surface area is 153 Å². The van der Waals surface area contributed by atoms with Crippen LogP contribution in [0.4, 0.5) is 0 Å². The number of rotatable bonds is 5. The van der Waals surface area contributed by atoms with Gasteiger partial charge in [-0.2, -0.15) is 9.40 Å². The second-order valence-corrected chi connectivity index (χ2v) is 8.05. The number of sulfonamides is 1. The molecule has 1 fully saturated rings. The van der Waals surface area contributed by atoms with Gasteiger partial charge in [0.25, 0.3) is 0 Å². The number of aryl methyl sites for hydroxylation is 2. The van der Waals surface area contributed by atoms with Gasteiger partial charge in [-0.15, -0.1) is 0 Å². The average Bonchev–Trinajstić information content (AvgIpc) is 3.07. The number of benzene rings is 1. The fourth-order valence-electron chi connectivity index (χ4n) is 3.03. The fraction of sp³-hybridized carbons (Fsp3) is 0.471. The van der Waals surface area contributed by atoms with Crippen molar-refractivity contribution in [3.63, 3.8) is 0 Å². The first-order valence-electron chi connectivity index (χ1n) is 8.19. The molecule has 0 saturated carbocycles. The number of nitrogens with zero attached hydrogens (tertiary/aromatic N) is 3. The summed E-state index contributed by atoms with van der Waals surface area (Å²) < 4.78 is 45.8. The van der Waals surface area contributed by atoms with Crippen LogP contribution in [0.5, 0.6) is 11.5 Å². The maximum Gasteiger partial charge on any atom is 0.243 e. The summed E-state index contributed by atoms with van der Waals surface area (Å²) in [5.74, 6) is 0.882. The van der Waals surface area contributed by atoms with Crippen LogP contribution in [0, 0.1) is 6.92 Å². The molecule has 0 bridgehead atoms. The van der Waals surface area contributed by atoms with Crippen LogP contribution in [-0.4, -0.2) is 56.4 Å². The van der Waals surface area contributed by atoms with Crippen LogP contribution in [0.2, 0.25) is 0 Å². The Morgan fingerprint density at radius 1 is 1.23 bits per heavy atom. The lowest BCUT2D eigenvalue weighted by molar-refractivity contribution is -0.00260. The topological polar surface area (TPSA) is 82.9 Å². The summed E-state index contributed by atoms with van der Waals surface area (Å²) in [5, 5.41) is 4.13. The molecule has 2 heterocycles. The van der Waals surface area contributed by atoms with Gasteiger partial charge in [0.05, 0.1) is 38.0 Å². The third-order valence-corrected chi connectivity index (χ3v) is 6.43. The first-order valence-corrected chi connectivity index (χ1v) is 9.63. The van der Waals surface area contributed by atoms with Crippen molar-refractivity contribution in [1.82, 2.24) is 14.1 Å². The Kier molecular flexibility index (Phi) is 5.22. The fourth-order valence-corrected chi connectivity index (χ4v) is 4.68. The lowest BCUT2D eigenvalue weighted by Gasteiger charge is -2.32. The number of aromatic nitrogens is 2. The Bertz CT molecular complexity index is 894. The molecule has 26 heavy (non-hydrogen) atoms. The molecule has 1 aliphatic heterocycles. The van der Waals surface area contributed by atoms with Crippen LogP contribution >= 0.6 is 0 Å². The summed E-state index contributed by atoms with van der Waals surface area (Å²) >= 11 is 0. The predicted molar refractivity (Wildman–Crippen MR) is 94.9 cm³/mol. The quantitative estimate of drug-likeness (QED) is 0.781. The molecule has 0 aliphatic carbocycles. The molecule has 142 valence electrons. The summed E-state index contributed by atoms with van der Waals surface area (Å²) in [6.45, 7) is 2.60. The van der Waals surface area contributed by atoms with Crippen molar-refractivity contribution in [2.75, 3.05) is 33.9 Å². The maximum absolute atomic E-state index is 13.2. The number of hydrogen-bond donors (Lipinski definition) is 0. The van der Waals surface area contributed by atoms with E-state index in [1.54, 1.807) is 23.9 Å². The van der Waals surface area contributed by atoms with Crippen LogP contribution in [0.15, 0.2) is 29.4 Å². The molecule has 0 radical (unpaired) electrons. The Balaban J connectivity index is 1.92. The number of methoxy groups -OCH3 is 2. The van der Waals surface area contributed by atoms with Gasteiger partial charge in [-0.3, -0.25) is 4.68 Å². The minimum absolute atomic E-state index is 0.210. The van der Waals surface area contributed by atoms with Crippen molar-refractivity contribution in [1.29, 1.82) is 0 Å². The summed E-state index contributed by atoms with van der Waals surface area (Å²) in [6.07, 6.45) is 3.19. The second kappa shape index (κ2) is 7.26. The lowest BCUT2D eigenvalue weighted by Crippen LogP contribution is -2.42. The van der Waals surface area contributed by atoms with E-state index in [2.05, 4.69) is 5.10 Å². The zero-order valence-electron chi connectivity index (χ0n) is 15.3. The molecular formula is C17H23N3O5S. The summed E-state index contributed by atoms with van der Waals surface area (Å²) in [6, 6.07) is 3.18. The normalized spacial score (nSPS) is 18.7. The highest BCUT2D eigenvalue weighted by atomic mass is 32.2. The molecular weight excluding hydrogens is 358 g/mol. The molecule has 1 aromatic carbocycles. The SMILES string of the molecule is COc1cc(C)c(S(=O)(=O)N2CCOC(c3cnn(C)c3)C2)cc1OC. The van der Waals surface area contributed by atoms with Crippen LogP contribution in [0.3, 0.4) is 0 Å². The third kappa shape index (κ3) is 3.42. The van der Waals surface area contributed by atoms with E-state index in [0.717, 1.165) is 5.56 Å². The molecule has 0 spiro atoms. The van der Waals surface area contributed by atoms with E-state index in [4.69, 9.17) is 14.2 Å². The molecule has 1 aliphatic rings. The van der Waals surface area contributed by atoms with Gasteiger partial charge in [0.2, 0.25) is 10.0 Å². The molecule has 1 unspecified atom stereocenters. The summed E-state index contributed by atoms with van der Waals surface area (Å²) in [4.78, 5) is 0.210. The van der Waals surface area contributed by atoms with Crippen molar-refractivity contribution in [2.45, 2.75) is 17.9 Å². The van der Waals surface area contributed by atoms with E-state index in [0.29, 0.717) is 30.2 Å². The van der Waals surface area contributed by atoms with E-state index in [1.807, 2.05) is 13.2 Å². The van der Waals surface area contributed by atoms with E-state index in [1.165, 1.54) is 24.6 Å². The molecule has 3 rings (SSSR count). The highest BCUT2D eigenvalue weighted by molar-refractivity contribution is 7.89. The maximum atomic E-state index is 13.2. The average molecular weight is 381 g/mol. The molecule has 9 heteroatoms. The lowest BCUT2D eigenvalue weighted by atomic mass is 10.2. The van der Waals surface area contributed by atoms with Crippen LogP contribution in [0.25, 0.3) is 0 Å². The van der Waals surface area contributed by atoms with E-state index in [-0.39, 0.29) is 17.5 Å². The van der Waals surface area contributed by atoms with Crippen molar-refractivity contribution in [2.24, 2.45) is 7.05 Å². The summed E-state index contributed by atoms with van der Waals surface area (Å²) in [5.41, 5.74) is 1.46. The molecule has 1 saturated heterocycles. The molecule has 8 nitrogen and oxygen atoms in total. The van der Waals surface area contributed by atoms with Crippen molar-refractivity contribution >= 4 is 10.0 Å². The number of hydrogen-bond acceptors (Lipinski definition) is 6. The minimum Gasteiger partial charge on any atom is -0.493 e. The van der Waals surface area contributed by atoms with Gasteiger partial charge in [-0.05, 0) is 18.6 Å². The summed E-state index contributed by atoms with van der Waals surface area (Å²) in [7, 11) is 1.12. The van der Waals surface area contributed by atoms with Gasteiger partial charge in [0, 0.05) is 38.0 Å². The minimum atomic E-state index is -3.69. The standard InChI is InChI=1S/C17H23N3O5S/c1-12-7-14(23-3)15(24-4)8-17(12)26(21,22)20-5-6-25-16(11-20)13-9-18-19(2)10-13/h7-10,16H,5-6,11H2,1-4H3. The largest absolute Gasteiger partial charge is 0.493 e. The van der Waals surface area contributed by atoms with Gasteiger partial charge in [0.1, 0.15) is 0 Å². The first-order chi connectivity index (χ1) is 12.4.